The molecule has 60 valence electrons. The number of hydrogen-bond donors (Lipinski definition) is 0. The van der Waals surface area contributed by atoms with Crippen molar-refractivity contribution in [3.63, 3.8) is 0 Å². The highest BCUT2D eigenvalue weighted by molar-refractivity contribution is 9.11. The summed E-state index contributed by atoms with van der Waals surface area (Å²) in [5.74, 6) is 0. The maximum atomic E-state index is 3.47. The summed E-state index contributed by atoms with van der Waals surface area (Å²) in [5.41, 5.74) is 2.71. The van der Waals surface area contributed by atoms with Crippen LogP contribution >= 0.6 is 15.9 Å². The first-order chi connectivity index (χ1) is 5.86. The van der Waals surface area contributed by atoms with Gasteiger partial charge in [-0.05, 0) is 23.6 Å². The molecular weight excluding hydrogens is 212 g/mol. The van der Waals surface area contributed by atoms with Crippen LogP contribution in [0.2, 0.25) is 0 Å². The van der Waals surface area contributed by atoms with Gasteiger partial charge in [0.05, 0.1) is 0 Å². The fraction of sp³-hybridized carbons (Fsp3) is 0.0909. The molecular formula is C11H9Br. The molecule has 1 aromatic carbocycles. The van der Waals surface area contributed by atoms with Crippen molar-refractivity contribution in [2.45, 2.75) is 6.42 Å². The van der Waals surface area contributed by atoms with Crippen LogP contribution in [0.5, 0.6) is 0 Å². The lowest BCUT2D eigenvalue weighted by Gasteiger charge is -1.99. The Morgan fingerprint density at radius 3 is 2.83 bits per heavy atom. The van der Waals surface area contributed by atoms with E-state index in [0.717, 1.165) is 6.42 Å². The minimum atomic E-state index is 1.02. The summed E-state index contributed by atoms with van der Waals surface area (Å²) in [7, 11) is 0. The molecule has 0 bridgehead atoms. The maximum Gasteiger partial charge on any atom is 0.0138 e. The molecule has 1 heteroatoms. The second-order valence-corrected chi connectivity index (χ2v) is 3.74. The third kappa shape index (κ3) is 1.51. The summed E-state index contributed by atoms with van der Waals surface area (Å²) in [4.78, 5) is 0. The Morgan fingerprint density at radius 2 is 1.92 bits per heavy atom. The lowest BCUT2D eigenvalue weighted by atomic mass is 10.1. The van der Waals surface area contributed by atoms with Crippen LogP contribution in [0, 0.1) is 0 Å². The molecule has 0 aromatic heterocycles. The van der Waals surface area contributed by atoms with Crippen molar-refractivity contribution in [2.75, 3.05) is 0 Å². The average Bonchev–Trinajstić information content (AvgIpc) is 2.29. The number of benzene rings is 1. The predicted octanol–water partition coefficient (Wildman–Crippen LogP) is 3.53. The van der Waals surface area contributed by atoms with E-state index in [1.54, 1.807) is 0 Å². The molecule has 1 aromatic rings. The number of halogens is 1. The molecule has 0 spiro atoms. The standard InChI is InChI=1S/C11H9Br/c12-11-7-5-9-3-1-2-4-10(9)6-8-11/h1-5,7-8H,6H2. The van der Waals surface area contributed by atoms with Crippen LogP contribution in [-0.2, 0) is 6.42 Å². The lowest BCUT2D eigenvalue weighted by Crippen LogP contribution is -1.83. The minimum Gasteiger partial charge on any atom is -0.0658 e. The Labute approximate surface area is 80.7 Å². The Hall–Kier alpha value is -0.820. The van der Waals surface area contributed by atoms with Gasteiger partial charge >= 0.3 is 0 Å². The van der Waals surface area contributed by atoms with E-state index in [4.69, 9.17) is 0 Å². The van der Waals surface area contributed by atoms with Crippen molar-refractivity contribution in [3.8, 4) is 0 Å². The molecule has 0 aliphatic heterocycles. The molecule has 2 rings (SSSR count). The molecule has 0 amide bonds. The van der Waals surface area contributed by atoms with Gasteiger partial charge in [-0.1, -0.05) is 52.3 Å². The lowest BCUT2D eigenvalue weighted by molar-refractivity contribution is 1.26. The molecule has 0 atom stereocenters. The van der Waals surface area contributed by atoms with Gasteiger partial charge in [0.15, 0.2) is 0 Å². The molecule has 0 N–H and O–H groups in total. The second kappa shape index (κ2) is 3.28. The smallest absolute Gasteiger partial charge is 0.0138 e. The Kier molecular flexibility index (Phi) is 2.13. The van der Waals surface area contributed by atoms with E-state index in [9.17, 15) is 0 Å². The second-order valence-electron chi connectivity index (χ2n) is 2.83. The Bertz CT molecular complexity index is 348. The van der Waals surface area contributed by atoms with E-state index in [0.29, 0.717) is 0 Å². The quantitative estimate of drug-likeness (QED) is 0.628. The number of rotatable bonds is 0. The van der Waals surface area contributed by atoms with Gasteiger partial charge < -0.3 is 0 Å². The Balaban J connectivity index is 2.48. The zero-order chi connectivity index (χ0) is 8.39. The molecule has 0 saturated carbocycles. The van der Waals surface area contributed by atoms with E-state index in [1.165, 1.54) is 15.6 Å². The van der Waals surface area contributed by atoms with Crippen LogP contribution in [0.1, 0.15) is 11.1 Å². The SMILES string of the molecule is BrC1=CCc2ccccc2C=C1. The van der Waals surface area contributed by atoms with Crippen LogP contribution in [0.15, 0.2) is 40.9 Å². The highest BCUT2D eigenvalue weighted by Gasteiger charge is 2.00. The van der Waals surface area contributed by atoms with Gasteiger partial charge in [0, 0.05) is 4.48 Å². The maximum absolute atomic E-state index is 3.47. The molecule has 0 fully saturated rings. The third-order valence-electron chi connectivity index (χ3n) is 1.99. The molecule has 0 heterocycles. The van der Waals surface area contributed by atoms with Gasteiger partial charge in [-0.15, -0.1) is 0 Å². The molecule has 0 unspecified atom stereocenters. The van der Waals surface area contributed by atoms with Crippen molar-refractivity contribution >= 4 is 22.0 Å². The normalized spacial score (nSPS) is 14.9. The van der Waals surface area contributed by atoms with Gasteiger partial charge in [-0.25, -0.2) is 0 Å². The van der Waals surface area contributed by atoms with Crippen molar-refractivity contribution in [3.05, 3.63) is 52.0 Å². The molecule has 0 radical (unpaired) electrons. The number of allylic oxidation sites excluding steroid dienone is 3. The largest absolute Gasteiger partial charge is 0.0658 e. The van der Waals surface area contributed by atoms with Crippen molar-refractivity contribution in [2.24, 2.45) is 0 Å². The van der Waals surface area contributed by atoms with Crippen molar-refractivity contribution < 1.29 is 0 Å². The van der Waals surface area contributed by atoms with Crippen LogP contribution in [0.4, 0.5) is 0 Å². The van der Waals surface area contributed by atoms with E-state index < -0.39 is 0 Å². The van der Waals surface area contributed by atoms with Crippen LogP contribution in [0.3, 0.4) is 0 Å². The molecule has 1 aliphatic carbocycles. The van der Waals surface area contributed by atoms with E-state index >= 15 is 0 Å². The molecule has 0 nitrogen and oxygen atoms in total. The van der Waals surface area contributed by atoms with Gasteiger partial charge in [0.1, 0.15) is 0 Å². The van der Waals surface area contributed by atoms with E-state index in [-0.39, 0.29) is 0 Å². The van der Waals surface area contributed by atoms with Crippen molar-refractivity contribution in [1.29, 1.82) is 0 Å². The summed E-state index contributed by atoms with van der Waals surface area (Å²) in [5, 5.41) is 0. The first kappa shape index (κ1) is 7.81. The van der Waals surface area contributed by atoms with Crippen LogP contribution < -0.4 is 0 Å². The fourth-order valence-electron chi connectivity index (χ4n) is 1.33. The zero-order valence-electron chi connectivity index (χ0n) is 6.63. The highest BCUT2D eigenvalue weighted by atomic mass is 79.9. The minimum absolute atomic E-state index is 1.02. The summed E-state index contributed by atoms with van der Waals surface area (Å²) < 4.78 is 1.17. The molecule has 1 aliphatic rings. The molecule has 0 saturated heterocycles. The Morgan fingerprint density at radius 1 is 1.08 bits per heavy atom. The predicted molar refractivity (Wildman–Crippen MR) is 56.2 cm³/mol. The zero-order valence-corrected chi connectivity index (χ0v) is 8.21. The fourth-order valence-corrected chi connectivity index (χ4v) is 1.62. The van der Waals surface area contributed by atoms with E-state index in [1.807, 2.05) is 0 Å². The summed E-state index contributed by atoms with van der Waals surface area (Å²) in [6.45, 7) is 0. The monoisotopic (exact) mass is 220 g/mol. The number of hydrogen-bond acceptors (Lipinski definition) is 0. The number of fused-ring (bicyclic) bond motifs is 1. The van der Waals surface area contributed by atoms with Crippen molar-refractivity contribution in [1.82, 2.24) is 0 Å². The summed E-state index contributed by atoms with van der Waals surface area (Å²) >= 11 is 3.47. The first-order valence-electron chi connectivity index (χ1n) is 3.98. The van der Waals surface area contributed by atoms with E-state index in [2.05, 4.69) is 58.4 Å². The van der Waals surface area contributed by atoms with Crippen LogP contribution in [0.25, 0.3) is 6.08 Å². The average molecular weight is 221 g/mol. The molecule has 12 heavy (non-hydrogen) atoms. The van der Waals surface area contributed by atoms with Gasteiger partial charge in [0.2, 0.25) is 0 Å². The van der Waals surface area contributed by atoms with Gasteiger partial charge in [0.25, 0.3) is 0 Å². The summed E-state index contributed by atoms with van der Waals surface area (Å²) in [6, 6.07) is 8.47. The van der Waals surface area contributed by atoms with Gasteiger partial charge in [-0.2, -0.15) is 0 Å². The highest BCUT2D eigenvalue weighted by Crippen LogP contribution is 2.20. The van der Waals surface area contributed by atoms with Gasteiger partial charge in [-0.3, -0.25) is 0 Å². The summed E-state index contributed by atoms with van der Waals surface area (Å²) in [6.07, 6.45) is 7.43. The topological polar surface area (TPSA) is 0 Å². The first-order valence-corrected chi connectivity index (χ1v) is 4.77. The third-order valence-corrected chi connectivity index (χ3v) is 2.58. The van der Waals surface area contributed by atoms with Crippen LogP contribution in [-0.4, -0.2) is 0 Å².